The molecule has 0 aliphatic rings. The van der Waals surface area contributed by atoms with Gasteiger partial charge in [0.25, 0.3) is 10.0 Å². The second-order valence-corrected chi connectivity index (χ2v) is 5.99. The highest BCUT2D eigenvalue weighted by molar-refractivity contribution is 7.92. The monoisotopic (exact) mass is 319 g/mol. The van der Waals surface area contributed by atoms with E-state index >= 15 is 0 Å². The molecular weight excluding hydrogens is 309 g/mol. The highest BCUT2D eigenvalue weighted by Gasteiger charge is 2.17. The Bertz CT molecular complexity index is 717. The minimum atomic E-state index is -3.84. The van der Waals surface area contributed by atoms with E-state index in [2.05, 4.69) is 9.82 Å². The number of hydrogen-bond acceptors (Lipinski definition) is 4. The summed E-state index contributed by atoms with van der Waals surface area (Å²) in [4.78, 5) is -0.0635. The lowest BCUT2D eigenvalue weighted by molar-refractivity contribution is 0.269. The lowest BCUT2D eigenvalue weighted by atomic mass is 10.3. The van der Waals surface area contributed by atoms with Crippen LogP contribution >= 0.6 is 11.6 Å². The van der Waals surface area contributed by atoms with Gasteiger partial charge in [-0.1, -0.05) is 11.6 Å². The van der Waals surface area contributed by atoms with Gasteiger partial charge in [0.1, 0.15) is 10.7 Å². The zero-order valence-corrected chi connectivity index (χ0v) is 11.7. The molecule has 2 aromatic rings. The van der Waals surface area contributed by atoms with Crippen molar-refractivity contribution < 1.29 is 17.9 Å². The molecule has 20 heavy (non-hydrogen) atoms. The molecule has 2 N–H and O–H groups in total. The summed E-state index contributed by atoms with van der Waals surface area (Å²) in [5, 5.41) is 12.4. The first-order valence-electron chi connectivity index (χ1n) is 5.53. The number of aliphatic hydroxyl groups is 1. The van der Waals surface area contributed by atoms with Crippen molar-refractivity contribution >= 4 is 27.3 Å². The molecule has 0 aliphatic heterocycles. The molecule has 0 unspecified atom stereocenters. The first-order chi connectivity index (χ1) is 9.42. The average molecular weight is 320 g/mol. The Kier molecular flexibility index (Phi) is 4.26. The zero-order chi connectivity index (χ0) is 14.8. The Balaban J connectivity index is 2.23. The summed E-state index contributed by atoms with van der Waals surface area (Å²) in [5.41, 5.74) is 0.145. The smallest absolute Gasteiger partial charge is 0.265 e. The van der Waals surface area contributed by atoms with Crippen molar-refractivity contribution in [2.75, 3.05) is 11.3 Å². The molecule has 0 saturated carbocycles. The maximum atomic E-state index is 13.0. The van der Waals surface area contributed by atoms with Crippen LogP contribution in [0.3, 0.4) is 0 Å². The lowest BCUT2D eigenvalue weighted by Gasteiger charge is -2.06. The largest absolute Gasteiger partial charge is 0.394 e. The van der Waals surface area contributed by atoms with Crippen LogP contribution in [0.1, 0.15) is 0 Å². The Morgan fingerprint density at radius 3 is 2.85 bits per heavy atom. The van der Waals surface area contributed by atoms with Crippen molar-refractivity contribution in [1.82, 2.24) is 9.78 Å². The minimum Gasteiger partial charge on any atom is -0.394 e. The molecule has 1 aromatic heterocycles. The van der Waals surface area contributed by atoms with Gasteiger partial charge in [0.2, 0.25) is 0 Å². The molecular formula is C11H11ClFN3O3S. The Morgan fingerprint density at radius 1 is 1.45 bits per heavy atom. The van der Waals surface area contributed by atoms with E-state index in [1.54, 1.807) is 0 Å². The normalized spacial score (nSPS) is 11.6. The van der Waals surface area contributed by atoms with Crippen LogP contribution in [0.25, 0.3) is 0 Å². The summed E-state index contributed by atoms with van der Waals surface area (Å²) >= 11 is 5.58. The molecule has 0 amide bonds. The molecule has 0 bridgehead atoms. The standard InChI is InChI=1S/C11H11ClFN3O3S/c12-10-5-8(1-2-11(10)13)15-20(18,19)9-6-14-16(7-9)3-4-17/h1-2,5-7,15,17H,3-4H2. The fraction of sp³-hybridized carbons (Fsp3) is 0.182. The second-order valence-electron chi connectivity index (χ2n) is 3.90. The molecule has 0 atom stereocenters. The van der Waals surface area contributed by atoms with E-state index in [1.165, 1.54) is 23.0 Å². The first-order valence-corrected chi connectivity index (χ1v) is 7.39. The van der Waals surface area contributed by atoms with E-state index in [-0.39, 0.29) is 28.8 Å². The first kappa shape index (κ1) is 14.8. The summed E-state index contributed by atoms with van der Waals surface area (Å²) in [7, 11) is -3.84. The van der Waals surface area contributed by atoms with Crippen LogP contribution in [0.2, 0.25) is 5.02 Å². The van der Waals surface area contributed by atoms with Crippen molar-refractivity contribution in [3.8, 4) is 0 Å². The molecule has 6 nitrogen and oxygen atoms in total. The molecule has 0 saturated heterocycles. The van der Waals surface area contributed by atoms with Gasteiger partial charge in [0.05, 0.1) is 30.1 Å². The average Bonchev–Trinajstić information content (AvgIpc) is 2.83. The van der Waals surface area contributed by atoms with Gasteiger partial charge in [-0.15, -0.1) is 0 Å². The lowest BCUT2D eigenvalue weighted by Crippen LogP contribution is -2.12. The summed E-state index contributed by atoms with van der Waals surface area (Å²) in [6.45, 7) is 0.0417. The number of halogens is 2. The topological polar surface area (TPSA) is 84.2 Å². The van der Waals surface area contributed by atoms with Gasteiger partial charge in [-0.05, 0) is 18.2 Å². The molecule has 0 spiro atoms. The van der Waals surface area contributed by atoms with Gasteiger partial charge in [-0.3, -0.25) is 9.40 Å². The van der Waals surface area contributed by atoms with Crippen molar-refractivity contribution in [3.05, 3.63) is 41.4 Å². The van der Waals surface area contributed by atoms with Crippen molar-refractivity contribution in [2.24, 2.45) is 0 Å². The summed E-state index contributed by atoms with van der Waals surface area (Å²) in [6, 6.07) is 3.50. The van der Waals surface area contributed by atoms with Crippen molar-refractivity contribution in [1.29, 1.82) is 0 Å². The van der Waals surface area contributed by atoms with Crippen LogP contribution < -0.4 is 4.72 Å². The number of aromatic nitrogens is 2. The zero-order valence-electron chi connectivity index (χ0n) is 10.1. The van der Waals surface area contributed by atoms with Gasteiger partial charge >= 0.3 is 0 Å². The highest BCUT2D eigenvalue weighted by Crippen LogP contribution is 2.21. The molecule has 108 valence electrons. The van der Waals surface area contributed by atoms with E-state index in [1.807, 2.05) is 0 Å². The highest BCUT2D eigenvalue weighted by atomic mass is 35.5. The molecule has 1 heterocycles. The number of nitrogens with zero attached hydrogens (tertiary/aromatic N) is 2. The maximum Gasteiger partial charge on any atom is 0.265 e. The predicted molar refractivity (Wildman–Crippen MR) is 71.5 cm³/mol. The van der Waals surface area contributed by atoms with Crippen molar-refractivity contribution in [2.45, 2.75) is 11.4 Å². The van der Waals surface area contributed by atoms with E-state index < -0.39 is 15.8 Å². The third kappa shape index (κ3) is 3.27. The Labute approximate surface area is 119 Å². The van der Waals surface area contributed by atoms with Crippen LogP contribution in [0.5, 0.6) is 0 Å². The molecule has 2 rings (SSSR count). The molecule has 0 aliphatic carbocycles. The van der Waals surface area contributed by atoms with E-state index in [0.29, 0.717) is 0 Å². The molecule has 0 radical (unpaired) electrons. The maximum absolute atomic E-state index is 13.0. The number of aliphatic hydroxyl groups excluding tert-OH is 1. The summed E-state index contributed by atoms with van der Waals surface area (Å²) in [5.74, 6) is -0.634. The minimum absolute atomic E-state index is 0.0635. The van der Waals surface area contributed by atoms with Crippen molar-refractivity contribution in [3.63, 3.8) is 0 Å². The van der Waals surface area contributed by atoms with Crippen LogP contribution in [0.15, 0.2) is 35.5 Å². The molecule has 0 fully saturated rings. The third-order valence-electron chi connectivity index (χ3n) is 2.42. The molecule has 9 heteroatoms. The van der Waals surface area contributed by atoms with Crippen LogP contribution in [-0.4, -0.2) is 29.9 Å². The quantitative estimate of drug-likeness (QED) is 0.874. The number of nitrogens with one attached hydrogen (secondary N) is 1. The number of benzene rings is 1. The van der Waals surface area contributed by atoms with Gasteiger partial charge < -0.3 is 5.11 Å². The second kappa shape index (κ2) is 5.78. The molecule has 1 aromatic carbocycles. The third-order valence-corrected chi connectivity index (χ3v) is 4.05. The van der Waals surface area contributed by atoms with E-state index in [0.717, 1.165) is 12.3 Å². The van der Waals surface area contributed by atoms with Gasteiger partial charge in [-0.2, -0.15) is 5.10 Å². The van der Waals surface area contributed by atoms with Gasteiger partial charge in [0, 0.05) is 6.20 Å². The summed E-state index contributed by atoms with van der Waals surface area (Å²) in [6.07, 6.45) is 2.44. The van der Waals surface area contributed by atoms with Crippen LogP contribution in [-0.2, 0) is 16.6 Å². The van der Waals surface area contributed by atoms with E-state index in [9.17, 15) is 12.8 Å². The fourth-order valence-corrected chi connectivity index (χ4v) is 2.66. The number of sulfonamides is 1. The van der Waals surface area contributed by atoms with Crippen LogP contribution in [0, 0.1) is 5.82 Å². The number of rotatable bonds is 5. The fourth-order valence-electron chi connectivity index (χ4n) is 1.48. The SMILES string of the molecule is O=S(=O)(Nc1ccc(F)c(Cl)c1)c1cnn(CCO)c1. The Hall–Kier alpha value is -1.64. The van der Waals surface area contributed by atoms with E-state index in [4.69, 9.17) is 16.7 Å². The van der Waals surface area contributed by atoms with Gasteiger partial charge in [0.15, 0.2) is 0 Å². The van der Waals surface area contributed by atoms with Gasteiger partial charge in [-0.25, -0.2) is 12.8 Å². The number of anilines is 1. The van der Waals surface area contributed by atoms with Crippen LogP contribution in [0.4, 0.5) is 10.1 Å². The predicted octanol–water partition coefficient (Wildman–Crippen LogP) is 1.47. The Morgan fingerprint density at radius 2 is 2.20 bits per heavy atom. The number of hydrogen-bond donors (Lipinski definition) is 2. The summed E-state index contributed by atoms with van der Waals surface area (Å²) < 4.78 is 40.7.